The molecular weight excluding hydrogens is 255 g/mol. The van der Waals surface area contributed by atoms with Crippen molar-refractivity contribution in [2.24, 2.45) is 17.6 Å². The molecule has 1 aliphatic carbocycles. The Morgan fingerprint density at radius 3 is 2.58 bits per heavy atom. The molecule has 108 valence electrons. The molecule has 1 fully saturated rings. The number of alkyl halides is 3. The molecule has 1 heterocycles. The van der Waals surface area contributed by atoms with E-state index in [0.29, 0.717) is 11.8 Å². The summed E-state index contributed by atoms with van der Waals surface area (Å²) in [4.78, 5) is 0. The Balaban J connectivity index is 2.17. The van der Waals surface area contributed by atoms with Gasteiger partial charge in [0.2, 0.25) is 0 Å². The van der Waals surface area contributed by atoms with E-state index in [1.54, 1.807) is 0 Å². The van der Waals surface area contributed by atoms with Crippen LogP contribution in [0.4, 0.5) is 13.2 Å². The lowest BCUT2D eigenvalue weighted by molar-refractivity contribution is -0.141. The summed E-state index contributed by atoms with van der Waals surface area (Å²) >= 11 is 0. The van der Waals surface area contributed by atoms with Gasteiger partial charge in [0, 0.05) is 12.2 Å². The summed E-state index contributed by atoms with van der Waals surface area (Å²) in [5.74, 6) is 1.02. The van der Waals surface area contributed by atoms with E-state index in [-0.39, 0.29) is 12.1 Å². The van der Waals surface area contributed by atoms with Crippen LogP contribution in [0.15, 0.2) is 12.3 Å². The molecule has 0 radical (unpaired) electrons. The first-order chi connectivity index (χ1) is 8.79. The summed E-state index contributed by atoms with van der Waals surface area (Å²) in [6, 6.07) is 0.777. The molecule has 0 bridgehead atoms. The Morgan fingerprint density at radius 2 is 2.05 bits per heavy atom. The zero-order valence-electron chi connectivity index (χ0n) is 11.2. The molecule has 3 atom stereocenters. The molecule has 2 rings (SSSR count). The van der Waals surface area contributed by atoms with Crippen molar-refractivity contribution in [2.45, 2.75) is 51.4 Å². The minimum atomic E-state index is -4.39. The predicted octanol–water partition coefficient (Wildman–Crippen LogP) is 3.23. The maximum atomic E-state index is 12.6. The summed E-state index contributed by atoms with van der Waals surface area (Å²) in [6.07, 6.45) is -0.299. The Kier molecular flexibility index (Phi) is 3.90. The summed E-state index contributed by atoms with van der Waals surface area (Å²) in [5, 5.41) is 3.66. The smallest absolute Gasteiger partial charge is 0.326 e. The molecule has 0 amide bonds. The molecule has 1 aromatic heterocycles. The number of hydrogen-bond donors (Lipinski definition) is 1. The highest BCUT2D eigenvalue weighted by atomic mass is 19.4. The standard InChI is InChI=1S/C13H20F3N3/c1-8(2)9-3-4-10(17)11(7-9)19-6-5-12(18-19)13(14,15)16/h5-6,8-11H,3-4,7,17H2,1-2H3. The van der Waals surface area contributed by atoms with Gasteiger partial charge in [0.15, 0.2) is 5.69 Å². The van der Waals surface area contributed by atoms with Crippen LogP contribution in [0.25, 0.3) is 0 Å². The average Bonchev–Trinajstić information content (AvgIpc) is 2.78. The second kappa shape index (κ2) is 5.15. The van der Waals surface area contributed by atoms with E-state index in [9.17, 15) is 13.2 Å². The van der Waals surface area contributed by atoms with E-state index < -0.39 is 11.9 Å². The second-order valence-corrected chi connectivity index (χ2v) is 5.73. The largest absolute Gasteiger partial charge is 0.435 e. The van der Waals surface area contributed by atoms with Crippen molar-refractivity contribution < 1.29 is 13.2 Å². The van der Waals surface area contributed by atoms with Gasteiger partial charge in [-0.05, 0) is 37.2 Å². The lowest BCUT2D eigenvalue weighted by atomic mass is 9.77. The first-order valence-corrected chi connectivity index (χ1v) is 6.67. The minimum absolute atomic E-state index is 0.115. The molecule has 0 saturated heterocycles. The van der Waals surface area contributed by atoms with Crippen LogP contribution in [0.2, 0.25) is 0 Å². The molecule has 2 N–H and O–H groups in total. The van der Waals surface area contributed by atoms with E-state index in [1.165, 1.54) is 10.9 Å². The first-order valence-electron chi connectivity index (χ1n) is 6.67. The van der Waals surface area contributed by atoms with Gasteiger partial charge in [0.05, 0.1) is 6.04 Å². The van der Waals surface area contributed by atoms with Crippen molar-refractivity contribution in [1.29, 1.82) is 0 Å². The van der Waals surface area contributed by atoms with E-state index >= 15 is 0 Å². The lowest BCUT2D eigenvalue weighted by Gasteiger charge is -2.36. The zero-order valence-corrected chi connectivity index (χ0v) is 11.2. The Hall–Kier alpha value is -1.04. The van der Waals surface area contributed by atoms with Gasteiger partial charge in [-0.1, -0.05) is 13.8 Å². The molecule has 0 spiro atoms. The van der Waals surface area contributed by atoms with Crippen molar-refractivity contribution in [3.63, 3.8) is 0 Å². The highest BCUT2D eigenvalue weighted by molar-refractivity contribution is 5.05. The minimum Gasteiger partial charge on any atom is -0.326 e. The van der Waals surface area contributed by atoms with Crippen molar-refractivity contribution in [3.8, 4) is 0 Å². The summed E-state index contributed by atoms with van der Waals surface area (Å²) in [6.45, 7) is 4.28. The number of halogens is 3. The number of nitrogens with zero attached hydrogens (tertiary/aromatic N) is 2. The van der Waals surface area contributed by atoms with E-state index in [2.05, 4.69) is 18.9 Å². The quantitative estimate of drug-likeness (QED) is 0.900. The van der Waals surface area contributed by atoms with E-state index in [1.807, 2.05) is 0 Å². The fraction of sp³-hybridized carbons (Fsp3) is 0.769. The van der Waals surface area contributed by atoms with Gasteiger partial charge >= 0.3 is 6.18 Å². The maximum absolute atomic E-state index is 12.6. The Morgan fingerprint density at radius 1 is 1.37 bits per heavy atom. The zero-order chi connectivity index (χ0) is 14.2. The van der Waals surface area contributed by atoms with Gasteiger partial charge in [0.25, 0.3) is 0 Å². The lowest BCUT2D eigenvalue weighted by Crippen LogP contribution is -2.39. The normalized spacial score (nSPS) is 28.9. The highest BCUT2D eigenvalue weighted by Crippen LogP contribution is 2.36. The van der Waals surface area contributed by atoms with E-state index in [0.717, 1.165) is 25.3 Å². The third kappa shape index (κ3) is 3.11. The summed E-state index contributed by atoms with van der Waals surface area (Å²) in [5.41, 5.74) is 5.21. The third-order valence-corrected chi connectivity index (χ3v) is 4.09. The second-order valence-electron chi connectivity index (χ2n) is 5.73. The van der Waals surface area contributed by atoms with Crippen LogP contribution >= 0.6 is 0 Å². The van der Waals surface area contributed by atoms with Crippen LogP contribution in [0.1, 0.15) is 44.8 Å². The SMILES string of the molecule is CC(C)C1CCC(N)C(n2ccc(C(F)(F)F)n2)C1. The summed E-state index contributed by atoms with van der Waals surface area (Å²) < 4.78 is 39.1. The van der Waals surface area contributed by atoms with Crippen molar-refractivity contribution in [3.05, 3.63) is 18.0 Å². The van der Waals surface area contributed by atoms with Gasteiger partial charge in [-0.25, -0.2) is 0 Å². The van der Waals surface area contributed by atoms with Gasteiger partial charge in [-0.15, -0.1) is 0 Å². The van der Waals surface area contributed by atoms with Gasteiger partial charge in [-0.2, -0.15) is 18.3 Å². The van der Waals surface area contributed by atoms with Crippen LogP contribution in [0.3, 0.4) is 0 Å². The molecule has 3 nitrogen and oxygen atoms in total. The summed E-state index contributed by atoms with van der Waals surface area (Å²) in [7, 11) is 0. The maximum Gasteiger partial charge on any atom is 0.435 e. The van der Waals surface area contributed by atoms with Crippen molar-refractivity contribution >= 4 is 0 Å². The molecule has 0 aliphatic heterocycles. The van der Waals surface area contributed by atoms with Crippen molar-refractivity contribution in [1.82, 2.24) is 9.78 Å². The molecule has 1 aromatic rings. The van der Waals surface area contributed by atoms with Crippen LogP contribution in [0.5, 0.6) is 0 Å². The van der Waals surface area contributed by atoms with Gasteiger partial charge in [-0.3, -0.25) is 4.68 Å². The molecule has 0 aromatic carbocycles. The van der Waals surface area contributed by atoms with E-state index in [4.69, 9.17) is 5.73 Å². The number of nitrogens with two attached hydrogens (primary N) is 1. The van der Waals surface area contributed by atoms with Crippen LogP contribution in [-0.2, 0) is 6.18 Å². The average molecular weight is 275 g/mol. The third-order valence-electron chi connectivity index (χ3n) is 4.09. The monoisotopic (exact) mass is 275 g/mol. The fourth-order valence-corrected chi connectivity index (χ4v) is 2.79. The molecule has 3 unspecified atom stereocenters. The number of hydrogen-bond acceptors (Lipinski definition) is 2. The van der Waals surface area contributed by atoms with Crippen LogP contribution < -0.4 is 5.73 Å². The molecule has 6 heteroatoms. The van der Waals surface area contributed by atoms with Gasteiger partial charge < -0.3 is 5.73 Å². The highest BCUT2D eigenvalue weighted by Gasteiger charge is 2.36. The predicted molar refractivity (Wildman–Crippen MR) is 66.4 cm³/mol. The number of aromatic nitrogens is 2. The topological polar surface area (TPSA) is 43.8 Å². The van der Waals surface area contributed by atoms with Gasteiger partial charge in [0.1, 0.15) is 0 Å². The fourth-order valence-electron chi connectivity index (χ4n) is 2.79. The molecular formula is C13H20F3N3. The number of rotatable bonds is 2. The Labute approximate surface area is 111 Å². The van der Waals surface area contributed by atoms with Crippen LogP contribution in [0, 0.1) is 11.8 Å². The molecule has 19 heavy (non-hydrogen) atoms. The molecule has 1 saturated carbocycles. The molecule has 1 aliphatic rings. The van der Waals surface area contributed by atoms with Crippen LogP contribution in [-0.4, -0.2) is 15.8 Å². The Bertz CT molecular complexity index is 425. The first kappa shape index (κ1) is 14.4. The van der Waals surface area contributed by atoms with Crippen molar-refractivity contribution in [2.75, 3.05) is 0 Å².